The maximum absolute atomic E-state index is 10.7. The third-order valence-electron chi connectivity index (χ3n) is 1.60. The van der Waals surface area contributed by atoms with Crippen molar-refractivity contribution in [2.75, 3.05) is 6.61 Å². The van der Waals surface area contributed by atoms with Crippen LogP contribution in [-0.4, -0.2) is 27.8 Å². The van der Waals surface area contributed by atoms with Gasteiger partial charge < -0.3 is 10.2 Å². The summed E-state index contributed by atoms with van der Waals surface area (Å²) in [6.07, 6.45) is 1.05. The van der Waals surface area contributed by atoms with Crippen molar-refractivity contribution in [3.05, 3.63) is 15.6 Å². The third kappa shape index (κ3) is 2.26. The van der Waals surface area contributed by atoms with Crippen molar-refractivity contribution in [2.24, 2.45) is 0 Å². The lowest BCUT2D eigenvalue weighted by atomic mass is 10.3. The van der Waals surface area contributed by atoms with Gasteiger partial charge in [0.05, 0.1) is 10.7 Å². The van der Waals surface area contributed by atoms with E-state index in [4.69, 9.17) is 10.2 Å². The van der Waals surface area contributed by atoms with Gasteiger partial charge in [0.15, 0.2) is 0 Å². The predicted octanol–water partition coefficient (Wildman–Crippen LogP) is 0.939. The fourth-order valence-corrected chi connectivity index (χ4v) is 1.99. The number of carboxylic acid groups (broad SMARTS) is 1. The highest BCUT2D eigenvalue weighted by Gasteiger charge is 2.14. The largest absolute Gasteiger partial charge is 0.477 e. The molecule has 0 aliphatic rings. The maximum atomic E-state index is 10.7. The zero-order valence-corrected chi connectivity index (χ0v) is 8.10. The van der Waals surface area contributed by atoms with Crippen LogP contribution in [0.5, 0.6) is 0 Å². The molecule has 1 heterocycles. The molecule has 0 aromatic carbocycles. The molecule has 1 rings (SSSR count). The Bertz CT molecular complexity index is 308. The van der Waals surface area contributed by atoms with Crippen LogP contribution in [0, 0.1) is 0 Å². The summed E-state index contributed by atoms with van der Waals surface area (Å²) in [7, 11) is 0. The van der Waals surface area contributed by atoms with E-state index in [2.05, 4.69) is 4.98 Å². The van der Waals surface area contributed by atoms with E-state index in [0.717, 1.165) is 11.3 Å². The Morgan fingerprint density at radius 2 is 2.31 bits per heavy atom. The minimum Gasteiger partial charge on any atom is -0.477 e. The Balaban J connectivity index is 2.97. The van der Waals surface area contributed by atoms with Crippen molar-refractivity contribution in [1.82, 2.24) is 4.98 Å². The molecular formula is C8H11NO3S. The number of aliphatic hydroxyl groups excluding tert-OH is 1. The van der Waals surface area contributed by atoms with Gasteiger partial charge in [0.2, 0.25) is 0 Å². The quantitative estimate of drug-likeness (QED) is 0.760. The topological polar surface area (TPSA) is 70.4 Å². The number of aryl methyl sites for hydroxylation is 1. The van der Waals surface area contributed by atoms with Gasteiger partial charge in [-0.15, -0.1) is 11.3 Å². The number of thiazole rings is 1. The fraction of sp³-hybridized carbons (Fsp3) is 0.500. The minimum absolute atomic E-state index is 0.00965. The molecule has 0 radical (unpaired) electrons. The highest BCUT2D eigenvalue weighted by atomic mass is 32.1. The number of nitrogens with zero attached hydrogens (tertiary/aromatic N) is 1. The van der Waals surface area contributed by atoms with Gasteiger partial charge in [-0.05, 0) is 6.42 Å². The van der Waals surface area contributed by atoms with Crippen molar-refractivity contribution in [3.8, 4) is 0 Å². The number of carbonyl (C=O) groups is 1. The minimum atomic E-state index is -0.932. The van der Waals surface area contributed by atoms with Crippen molar-refractivity contribution < 1.29 is 15.0 Å². The molecule has 0 saturated heterocycles. The van der Waals surface area contributed by atoms with Crippen molar-refractivity contribution in [1.29, 1.82) is 0 Å². The van der Waals surface area contributed by atoms with E-state index in [1.54, 1.807) is 0 Å². The van der Waals surface area contributed by atoms with Crippen molar-refractivity contribution >= 4 is 17.3 Å². The number of carboxylic acids is 1. The van der Waals surface area contributed by atoms with Crippen LogP contribution in [0.2, 0.25) is 0 Å². The number of aliphatic hydroxyl groups is 1. The van der Waals surface area contributed by atoms with Gasteiger partial charge in [-0.25, -0.2) is 9.78 Å². The van der Waals surface area contributed by atoms with E-state index in [1.807, 2.05) is 6.92 Å². The number of aromatic nitrogens is 1. The molecular weight excluding hydrogens is 190 g/mol. The molecule has 0 aliphatic heterocycles. The number of rotatable bonds is 4. The first-order valence-electron chi connectivity index (χ1n) is 4.01. The molecule has 2 N–H and O–H groups in total. The maximum Gasteiger partial charge on any atom is 0.347 e. The molecule has 0 spiro atoms. The summed E-state index contributed by atoms with van der Waals surface area (Å²) in [6, 6.07) is 0. The second-order valence-corrected chi connectivity index (χ2v) is 3.60. The van der Waals surface area contributed by atoms with Crippen LogP contribution >= 0.6 is 11.3 Å². The lowest BCUT2D eigenvalue weighted by molar-refractivity contribution is 0.0701. The van der Waals surface area contributed by atoms with Gasteiger partial charge in [-0.2, -0.15) is 0 Å². The summed E-state index contributed by atoms with van der Waals surface area (Å²) < 4.78 is 0. The summed E-state index contributed by atoms with van der Waals surface area (Å²) in [6.45, 7) is 1.87. The summed E-state index contributed by atoms with van der Waals surface area (Å²) in [5.41, 5.74) is 0.612. The molecule has 0 fully saturated rings. The molecule has 0 aliphatic carbocycles. The van der Waals surface area contributed by atoms with E-state index in [9.17, 15) is 4.79 Å². The molecule has 0 bridgehead atoms. The lowest BCUT2D eigenvalue weighted by Gasteiger charge is -1.89. The molecule has 5 heteroatoms. The summed E-state index contributed by atoms with van der Waals surface area (Å²) in [5.74, 6) is -0.932. The Labute approximate surface area is 79.9 Å². The van der Waals surface area contributed by atoms with Crippen LogP contribution in [0.1, 0.15) is 27.3 Å². The smallest absolute Gasteiger partial charge is 0.347 e. The van der Waals surface area contributed by atoms with Gasteiger partial charge in [0.1, 0.15) is 4.88 Å². The average Bonchev–Trinajstić information content (AvgIpc) is 2.48. The highest BCUT2D eigenvalue weighted by Crippen LogP contribution is 2.19. The monoisotopic (exact) mass is 201 g/mol. The van der Waals surface area contributed by atoms with Crippen LogP contribution in [0.15, 0.2) is 0 Å². The van der Waals surface area contributed by atoms with Crippen LogP contribution < -0.4 is 0 Å². The Hall–Kier alpha value is -0.940. The number of aromatic carboxylic acids is 1. The average molecular weight is 201 g/mol. The standard InChI is InChI=1S/C8H11NO3S/c1-2-5-7(8(11)12)13-6(9-5)3-4-10/h10H,2-4H2,1H3,(H,11,12). The molecule has 13 heavy (non-hydrogen) atoms. The van der Waals surface area contributed by atoms with E-state index in [-0.39, 0.29) is 6.61 Å². The number of hydrogen-bond acceptors (Lipinski definition) is 4. The molecule has 0 amide bonds. The van der Waals surface area contributed by atoms with E-state index < -0.39 is 5.97 Å². The fourth-order valence-electron chi connectivity index (χ4n) is 1.01. The van der Waals surface area contributed by atoms with Gasteiger partial charge in [-0.1, -0.05) is 6.92 Å². The molecule has 4 nitrogen and oxygen atoms in total. The van der Waals surface area contributed by atoms with Crippen LogP contribution in [0.25, 0.3) is 0 Å². The van der Waals surface area contributed by atoms with Crippen LogP contribution in [0.4, 0.5) is 0 Å². The lowest BCUT2D eigenvalue weighted by Crippen LogP contribution is -1.97. The SMILES string of the molecule is CCc1nc(CCO)sc1C(=O)O. The predicted molar refractivity (Wildman–Crippen MR) is 49.2 cm³/mol. The highest BCUT2D eigenvalue weighted by molar-refractivity contribution is 7.13. The number of hydrogen-bond donors (Lipinski definition) is 2. The van der Waals surface area contributed by atoms with Gasteiger partial charge in [-0.3, -0.25) is 0 Å². The Morgan fingerprint density at radius 1 is 1.62 bits per heavy atom. The molecule has 0 saturated carbocycles. The molecule has 1 aromatic heterocycles. The Morgan fingerprint density at radius 3 is 2.69 bits per heavy atom. The summed E-state index contributed by atoms with van der Waals surface area (Å²) >= 11 is 1.15. The van der Waals surface area contributed by atoms with Gasteiger partial charge in [0, 0.05) is 13.0 Å². The first-order chi connectivity index (χ1) is 6.19. The van der Waals surface area contributed by atoms with E-state index in [1.165, 1.54) is 0 Å². The van der Waals surface area contributed by atoms with Crippen molar-refractivity contribution in [2.45, 2.75) is 19.8 Å². The van der Waals surface area contributed by atoms with Gasteiger partial charge >= 0.3 is 5.97 Å². The molecule has 72 valence electrons. The molecule has 0 atom stereocenters. The van der Waals surface area contributed by atoms with E-state index in [0.29, 0.717) is 28.4 Å². The summed E-state index contributed by atoms with van der Waals surface area (Å²) in [5, 5.41) is 18.1. The van der Waals surface area contributed by atoms with E-state index >= 15 is 0 Å². The first-order valence-corrected chi connectivity index (χ1v) is 4.83. The van der Waals surface area contributed by atoms with Gasteiger partial charge in [0.25, 0.3) is 0 Å². The summed E-state index contributed by atoms with van der Waals surface area (Å²) in [4.78, 5) is 15.1. The van der Waals surface area contributed by atoms with Crippen molar-refractivity contribution in [3.63, 3.8) is 0 Å². The normalized spacial score (nSPS) is 10.3. The molecule has 0 unspecified atom stereocenters. The van der Waals surface area contributed by atoms with Crippen LogP contribution in [-0.2, 0) is 12.8 Å². The zero-order valence-electron chi connectivity index (χ0n) is 7.28. The second kappa shape index (κ2) is 4.34. The third-order valence-corrected chi connectivity index (χ3v) is 2.74. The first kappa shape index (κ1) is 10.1. The zero-order chi connectivity index (χ0) is 9.84. The Kier molecular flexibility index (Phi) is 3.39. The second-order valence-electron chi connectivity index (χ2n) is 2.52. The molecule has 1 aromatic rings. The van der Waals surface area contributed by atoms with Crippen LogP contribution in [0.3, 0.4) is 0 Å².